The van der Waals surface area contributed by atoms with Gasteiger partial charge in [0.05, 0.1) is 17.1 Å². The van der Waals surface area contributed by atoms with Crippen molar-refractivity contribution in [3.05, 3.63) is 108 Å². The third kappa shape index (κ3) is 3.55. The Morgan fingerprint density at radius 1 is 0.882 bits per heavy atom. The van der Waals surface area contributed by atoms with Gasteiger partial charge < -0.3 is 9.84 Å². The molecule has 3 heterocycles. The van der Waals surface area contributed by atoms with E-state index < -0.39 is 0 Å². The van der Waals surface area contributed by atoms with Gasteiger partial charge in [-0.3, -0.25) is 0 Å². The highest BCUT2D eigenvalue weighted by Crippen LogP contribution is 2.31. The fraction of sp³-hybridized carbons (Fsp3) is 0.0357. The molecular formula is C28H19N5O. The number of benzene rings is 3. The maximum absolute atomic E-state index is 5.75. The second-order valence-electron chi connectivity index (χ2n) is 7.92. The van der Waals surface area contributed by atoms with Gasteiger partial charge in [-0.05, 0) is 59.9 Å². The molecule has 0 saturated heterocycles. The van der Waals surface area contributed by atoms with Crippen molar-refractivity contribution in [3.63, 3.8) is 0 Å². The van der Waals surface area contributed by atoms with E-state index in [1.165, 1.54) is 0 Å². The molecule has 0 saturated carbocycles. The SMILES string of the molecule is Cc1ccc2c(Nc3cccc(-c4ccccc4)c3)noc2c1C#Cc1cnc2cccnn12. The standard InChI is InChI=1S/C28H19N5O/c1-19-12-14-25-27(24(19)15-13-23-18-29-26-11-6-16-30-33(23)26)34-32-28(25)31-22-10-5-9-21(17-22)20-7-3-2-4-8-20/h2-12,14,16-18H,1H3,(H,31,32). The molecule has 0 unspecified atom stereocenters. The van der Waals surface area contributed by atoms with E-state index in [1.54, 1.807) is 16.9 Å². The molecule has 0 aliphatic carbocycles. The van der Waals surface area contributed by atoms with Gasteiger partial charge in [-0.1, -0.05) is 59.6 Å². The molecule has 0 amide bonds. The molecule has 0 radical (unpaired) electrons. The average Bonchev–Trinajstić information content (AvgIpc) is 3.48. The number of fused-ring (bicyclic) bond motifs is 2. The largest absolute Gasteiger partial charge is 0.353 e. The van der Waals surface area contributed by atoms with Crippen molar-refractivity contribution in [2.45, 2.75) is 6.92 Å². The molecule has 6 nitrogen and oxygen atoms in total. The molecule has 6 aromatic rings. The number of imidazole rings is 1. The highest BCUT2D eigenvalue weighted by Gasteiger charge is 2.14. The zero-order valence-electron chi connectivity index (χ0n) is 18.4. The number of aromatic nitrogens is 4. The molecule has 0 fully saturated rings. The Morgan fingerprint density at radius 2 is 1.76 bits per heavy atom. The van der Waals surface area contributed by atoms with Gasteiger partial charge in [0.2, 0.25) is 0 Å². The van der Waals surface area contributed by atoms with Crippen molar-refractivity contribution in [2.24, 2.45) is 0 Å². The maximum atomic E-state index is 5.75. The van der Waals surface area contributed by atoms with E-state index >= 15 is 0 Å². The van der Waals surface area contributed by atoms with Crippen LogP contribution < -0.4 is 5.32 Å². The number of hydrogen-bond acceptors (Lipinski definition) is 5. The van der Waals surface area contributed by atoms with Crippen molar-refractivity contribution in [1.82, 2.24) is 19.8 Å². The van der Waals surface area contributed by atoms with Crippen LogP contribution in [0.4, 0.5) is 11.5 Å². The topological polar surface area (TPSA) is 68.2 Å². The van der Waals surface area contributed by atoms with E-state index in [4.69, 9.17) is 4.52 Å². The molecule has 0 atom stereocenters. The summed E-state index contributed by atoms with van der Waals surface area (Å²) < 4.78 is 7.47. The minimum Gasteiger partial charge on any atom is -0.353 e. The molecule has 6 heteroatoms. The summed E-state index contributed by atoms with van der Waals surface area (Å²) in [5.41, 5.74) is 7.14. The molecule has 3 aromatic heterocycles. The van der Waals surface area contributed by atoms with E-state index in [0.717, 1.165) is 39.0 Å². The van der Waals surface area contributed by atoms with Crippen molar-refractivity contribution >= 4 is 28.1 Å². The average molecular weight is 441 g/mol. The van der Waals surface area contributed by atoms with Crippen molar-refractivity contribution in [2.75, 3.05) is 5.32 Å². The lowest BCUT2D eigenvalue weighted by molar-refractivity contribution is 0.459. The van der Waals surface area contributed by atoms with E-state index in [2.05, 4.69) is 56.7 Å². The fourth-order valence-electron chi connectivity index (χ4n) is 3.93. The third-order valence-corrected chi connectivity index (χ3v) is 5.68. The predicted octanol–water partition coefficient (Wildman–Crippen LogP) is 5.99. The summed E-state index contributed by atoms with van der Waals surface area (Å²) in [6.45, 7) is 2.01. The number of hydrogen-bond donors (Lipinski definition) is 1. The van der Waals surface area contributed by atoms with Crippen molar-refractivity contribution in [3.8, 4) is 23.0 Å². The van der Waals surface area contributed by atoms with Crippen LogP contribution in [0, 0.1) is 18.8 Å². The van der Waals surface area contributed by atoms with Crippen LogP contribution in [0.25, 0.3) is 27.7 Å². The first-order valence-electron chi connectivity index (χ1n) is 10.9. The highest BCUT2D eigenvalue weighted by molar-refractivity contribution is 5.94. The van der Waals surface area contributed by atoms with E-state index in [1.807, 2.05) is 61.5 Å². The lowest BCUT2D eigenvalue weighted by atomic mass is 10.0. The molecule has 34 heavy (non-hydrogen) atoms. The first-order valence-corrected chi connectivity index (χ1v) is 10.9. The Balaban J connectivity index is 1.36. The lowest BCUT2D eigenvalue weighted by Gasteiger charge is -2.07. The Labute approximate surface area is 195 Å². The summed E-state index contributed by atoms with van der Waals surface area (Å²) >= 11 is 0. The zero-order valence-corrected chi connectivity index (χ0v) is 18.4. The smallest absolute Gasteiger partial charge is 0.184 e. The predicted molar refractivity (Wildman–Crippen MR) is 133 cm³/mol. The van der Waals surface area contributed by atoms with Crippen LogP contribution in [0.5, 0.6) is 0 Å². The number of nitrogens with zero attached hydrogens (tertiary/aromatic N) is 4. The van der Waals surface area contributed by atoms with Gasteiger partial charge in [-0.15, -0.1) is 0 Å². The van der Waals surface area contributed by atoms with Crippen LogP contribution in [0.2, 0.25) is 0 Å². The normalized spacial score (nSPS) is 10.9. The Hall–Kier alpha value is -4.89. The maximum Gasteiger partial charge on any atom is 0.184 e. The van der Waals surface area contributed by atoms with Crippen LogP contribution >= 0.6 is 0 Å². The highest BCUT2D eigenvalue weighted by atomic mass is 16.5. The van der Waals surface area contributed by atoms with Crippen LogP contribution in [-0.4, -0.2) is 19.8 Å². The summed E-state index contributed by atoms with van der Waals surface area (Å²) in [7, 11) is 0. The Bertz CT molecular complexity index is 1700. The minimum atomic E-state index is 0.649. The van der Waals surface area contributed by atoms with Crippen molar-refractivity contribution < 1.29 is 4.52 Å². The Morgan fingerprint density at radius 3 is 2.68 bits per heavy atom. The van der Waals surface area contributed by atoms with Crippen LogP contribution in [0.15, 0.2) is 95.8 Å². The molecule has 0 aliphatic rings. The number of rotatable bonds is 3. The summed E-state index contributed by atoms with van der Waals surface area (Å²) in [6, 6.07) is 26.3. The monoisotopic (exact) mass is 441 g/mol. The second kappa shape index (κ2) is 8.23. The molecule has 0 aliphatic heterocycles. The van der Waals surface area contributed by atoms with Crippen LogP contribution in [0.1, 0.15) is 16.8 Å². The molecule has 0 spiro atoms. The van der Waals surface area contributed by atoms with Gasteiger partial charge in [-0.25, -0.2) is 9.50 Å². The summed E-state index contributed by atoms with van der Waals surface area (Å²) in [5.74, 6) is 7.08. The number of anilines is 2. The molecule has 6 rings (SSSR count). The molecule has 3 aromatic carbocycles. The minimum absolute atomic E-state index is 0.649. The first-order chi connectivity index (χ1) is 16.8. The second-order valence-corrected chi connectivity index (χ2v) is 7.92. The molecular weight excluding hydrogens is 422 g/mol. The van der Waals surface area contributed by atoms with E-state index in [0.29, 0.717) is 17.1 Å². The van der Waals surface area contributed by atoms with E-state index in [-0.39, 0.29) is 0 Å². The quantitative estimate of drug-likeness (QED) is 0.342. The van der Waals surface area contributed by atoms with Crippen LogP contribution in [0.3, 0.4) is 0 Å². The molecule has 162 valence electrons. The summed E-state index contributed by atoms with van der Waals surface area (Å²) in [4.78, 5) is 4.35. The first kappa shape index (κ1) is 19.8. The molecule has 0 bridgehead atoms. The van der Waals surface area contributed by atoms with Gasteiger partial charge in [-0.2, -0.15) is 5.10 Å². The van der Waals surface area contributed by atoms with Gasteiger partial charge in [0.1, 0.15) is 5.69 Å². The van der Waals surface area contributed by atoms with E-state index in [9.17, 15) is 0 Å². The number of aryl methyl sites for hydroxylation is 1. The van der Waals surface area contributed by atoms with Crippen molar-refractivity contribution in [1.29, 1.82) is 0 Å². The molecule has 1 N–H and O–H groups in total. The van der Waals surface area contributed by atoms with Gasteiger partial charge in [0.15, 0.2) is 17.0 Å². The zero-order chi connectivity index (χ0) is 22.9. The lowest BCUT2D eigenvalue weighted by Crippen LogP contribution is -1.93. The van der Waals surface area contributed by atoms with Crippen LogP contribution in [-0.2, 0) is 0 Å². The Kier molecular flexibility index (Phi) is 4.78. The third-order valence-electron chi connectivity index (χ3n) is 5.68. The van der Waals surface area contributed by atoms with Gasteiger partial charge >= 0.3 is 0 Å². The van der Waals surface area contributed by atoms with Gasteiger partial charge in [0.25, 0.3) is 0 Å². The van der Waals surface area contributed by atoms with Gasteiger partial charge in [0, 0.05) is 11.9 Å². The fourth-order valence-corrected chi connectivity index (χ4v) is 3.93. The summed E-state index contributed by atoms with van der Waals surface area (Å²) in [6.07, 6.45) is 3.44. The number of nitrogens with one attached hydrogen (secondary N) is 1. The summed E-state index contributed by atoms with van der Waals surface area (Å²) in [5, 5.41) is 12.9.